The first-order valence-electron chi connectivity index (χ1n) is 12.7. The molecule has 0 fully saturated rings. The van der Waals surface area contributed by atoms with E-state index in [9.17, 15) is 27.7 Å². The number of halogens is 3. The average molecular weight is 592 g/mol. The van der Waals surface area contributed by atoms with Gasteiger partial charge in [-0.25, -0.2) is 0 Å². The Morgan fingerprint density at radius 1 is 1.02 bits per heavy atom. The summed E-state index contributed by atoms with van der Waals surface area (Å²) in [6, 6.07) is 8.53. The lowest BCUT2D eigenvalue weighted by molar-refractivity contribution is -0.274. The molecule has 0 aliphatic rings. The molecule has 1 aromatic carbocycles. The summed E-state index contributed by atoms with van der Waals surface area (Å²) in [6.07, 6.45) is 0.956. The maximum atomic E-state index is 12.4. The molecular weight excluding hydrogens is 563 g/mol. The highest BCUT2D eigenvalue weighted by atomic mass is 32.1. The van der Waals surface area contributed by atoms with Crippen molar-refractivity contribution in [1.82, 2.24) is 20.4 Å². The summed E-state index contributed by atoms with van der Waals surface area (Å²) in [5, 5.41) is 25.4. The van der Waals surface area contributed by atoms with Crippen LogP contribution in [0.25, 0.3) is 0 Å². The van der Waals surface area contributed by atoms with E-state index in [1.807, 2.05) is 6.92 Å². The molecule has 0 spiro atoms. The molecule has 41 heavy (non-hydrogen) atoms. The van der Waals surface area contributed by atoms with Crippen molar-refractivity contribution < 1.29 is 27.5 Å². The maximum Gasteiger partial charge on any atom is 0.573 e. The van der Waals surface area contributed by atoms with Crippen LogP contribution in [-0.2, 0) is 28.9 Å². The van der Waals surface area contributed by atoms with Gasteiger partial charge in [0, 0.05) is 6.42 Å². The SMILES string of the molecule is CCC/C=C(/CC(=O)Nc1nnc(CCCCc2ccc(NC(=O)Cc3cccc(OC(F)(F)F)c3)nn2)s1)N=O. The highest BCUT2D eigenvalue weighted by Gasteiger charge is 2.31. The van der Waals surface area contributed by atoms with E-state index in [0.29, 0.717) is 30.0 Å². The Bertz CT molecular complexity index is 1350. The molecule has 2 N–H and O–H groups in total. The van der Waals surface area contributed by atoms with E-state index in [0.717, 1.165) is 42.1 Å². The predicted octanol–water partition coefficient (Wildman–Crippen LogP) is 5.75. The summed E-state index contributed by atoms with van der Waals surface area (Å²) in [4.78, 5) is 35.2. The van der Waals surface area contributed by atoms with Crippen LogP contribution in [0.3, 0.4) is 0 Å². The fourth-order valence-electron chi connectivity index (χ4n) is 3.55. The molecule has 15 heteroatoms. The van der Waals surface area contributed by atoms with E-state index >= 15 is 0 Å². The normalized spacial score (nSPS) is 11.7. The summed E-state index contributed by atoms with van der Waals surface area (Å²) >= 11 is 1.26. The monoisotopic (exact) mass is 591 g/mol. The van der Waals surface area contributed by atoms with Crippen LogP contribution in [0, 0.1) is 4.91 Å². The molecule has 218 valence electrons. The Labute approximate surface area is 237 Å². The van der Waals surface area contributed by atoms with Crippen molar-refractivity contribution in [2.45, 2.75) is 64.7 Å². The van der Waals surface area contributed by atoms with Crippen molar-refractivity contribution in [3.63, 3.8) is 0 Å². The minimum Gasteiger partial charge on any atom is -0.406 e. The number of unbranched alkanes of at least 4 members (excludes halogenated alkanes) is 2. The number of nitroso groups, excluding NO2 is 1. The molecule has 11 nitrogen and oxygen atoms in total. The number of benzene rings is 1. The Balaban J connectivity index is 1.38. The van der Waals surface area contributed by atoms with Crippen molar-refractivity contribution in [2.75, 3.05) is 10.6 Å². The van der Waals surface area contributed by atoms with Crippen LogP contribution in [0.5, 0.6) is 5.75 Å². The molecule has 0 atom stereocenters. The maximum absolute atomic E-state index is 12.4. The third-order valence-electron chi connectivity index (χ3n) is 5.40. The number of nitrogens with zero attached hydrogens (tertiary/aromatic N) is 5. The zero-order valence-corrected chi connectivity index (χ0v) is 22.9. The Hall–Kier alpha value is -4.27. The number of carbonyl (C=O) groups is 2. The van der Waals surface area contributed by atoms with Gasteiger partial charge in [0.2, 0.25) is 16.9 Å². The summed E-state index contributed by atoms with van der Waals surface area (Å²) in [7, 11) is 0. The number of rotatable bonds is 15. The van der Waals surface area contributed by atoms with Gasteiger partial charge in [0.05, 0.1) is 24.2 Å². The van der Waals surface area contributed by atoms with Crippen LogP contribution in [0.2, 0.25) is 0 Å². The van der Waals surface area contributed by atoms with E-state index in [4.69, 9.17) is 0 Å². The first-order chi connectivity index (χ1) is 19.6. The van der Waals surface area contributed by atoms with Crippen LogP contribution in [0.1, 0.15) is 55.3 Å². The summed E-state index contributed by atoms with van der Waals surface area (Å²) in [6.45, 7) is 1.96. The minimum absolute atomic E-state index is 0.115. The standard InChI is InChI=1S/C26H28F3N7O4S/c1-2-3-8-19(36-39)16-23(38)31-25-35-34-24(41-25)11-5-4-9-18-12-13-21(33-32-18)30-22(37)15-17-7-6-10-20(14-17)40-26(27,28)29/h6-8,10,12-14H,2-5,9,11,15-16H2,1H3,(H,30,33,37)(H,31,35,38)/b19-8-. The lowest BCUT2D eigenvalue weighted by Crippen LogP contribution is -2.18. The molecule has 3 aromatic rings. The van der Waals surface area contributed by atoms with E-state index in [2.05, 4.69) is 40.9 Å². The van der Waals surface area contributed by atoms with Crippen molar-refractivity contribution >= 4 is 34.1 Å². The molecule has 0 aliphatic carbocycles. The molecule has 0 aliphatic heterocycles. The van der Waals surface area contributed by atoms with Gasteiger partial charge in [-0.3, -0.25) is 9.59 Å². The number of alkyl halides is 3. The fourth-order valence-corrected chi connectivity index (χ4v) is 4.35. The van der Waals surface area contributed by atoms with Gasteiger partial charge in [0.25, 0.3) is 0 Å². The van der Waals surface area contributed by atoms with Crippen LogP contribution in [0.4, 0.5) is 24.1 Å². The lowest BCUT2D eigenvalue weighted by atomic mass is 10.1. The number of aryl methyl sites for hydroxylation is 2. The number of anilines is 2. The molecule has 2 amide bonds. The fraction of sp³-hybridized carbons (Fsp3) is 0.385. The number of amides is 2. The Kier molecular flexibility index (Phi) is 11.8. The molecule has 0 bridgehead atoms. The quantitative estimate of drug-likeness (QED) is 0.168. The van der Waals surface area contributed by atoms with E-state index in [1.54, 1.807) is 18.2 Å². The zero-order chi connectivity index (χ0) is 29.7. The first kappa shape index (κ1) is 31.3. The molecule has 0 radical (unpaired) electrons. The smallest absolute Gasteiger partial charge is 0.406 e. The topological polar surface area (TPSA) is 148 Å². The van der Waals surface area contributed by atoms with E-state index < -0.39 is 18.0 Å². The molecule has 3 rings (SSSR count). The van der Waals surface area contributed by atoms with Gasteiger partial charge in [0.1, 0.15) is 10.8 Å². The van der Waals surface area contributed by atoms with Crippen LogP contribution >= 0.6 is 11.3 Å². The number of hydrogen-bond acceptors (Lipinski definition) is 10. The highest BCUT2D eigenvalue weighted by molar-refractivity contribution is 7.15. The first-order valence-corrected chi connectivity index (χ1v) is 13.6. The highest BCUT2D eigenvalue weighted by Crippen LogP contribution is 2.24. The van der Waals surface area contributed by atoms with Crippen LogP contribution in [-0.4, -0.2) is 38.6 Å². The summed E-state index contributed by atoms with van der Waals surface area (Å²) in [5.74, 6) is -1.01. The van der Waals surface area contributed by atoms with Gasteiger partial charge in [-0.1, -0.05) is 42.9 Å². The van der Waals surface area contributed by atoms with E-state index in [1.165, 1.54) is 23.5 Å². The second-order valence-corrected chi connectivity index (χ2v) is 9.90. The molecular formula is C26H28F3N7O4S. The van der Waals surface area contributed by atoms with E-state index in [-0.39, 0.29) is 30.3 Å². The third kappa shape index (κ3) is 11.8. The summed E-state index contributed by atoms with van der Waals surface area (Å²) in [5.41, 5.74) is 1.26. The average Bonchev–Trinajstić information content (AvgIpc) is 3.36. The second-order valence-electron chi connectivity index (χ2n) is 8.84. The molecule has 0 unspecified atom stereocenters. The lowest BCUT2D eigenvalue weighted by Gasteiger charge is -2.10. The molecule has 2 heterocycles. The van der Waals surface area contributed by atoms with Gasteiger partial charge in [-0.15, -0.1) is 33.4 Å². The number of allylic oxidation sites excluding steroid dienone is 1. The van der Waals surface area contributed by atoms with Crippen LogP contribution < -0.4 is 15.4 Å². The number of hydrogen-bond donors (Lipinski definition) is 2. The van der Waals surface area contributed by atoms with Crippen molar-refractivity contribution in [1.29, 1.82) is 0 Å². The number of nitrogens with one attached hydrogen (secondary N) is 2. The Morgan fingerprint density at radius 2 is 1.83 bits per heavy atom. The molecule has 0 saturated heterocycles. The van der Waals surface area contributed by atoms with Crippen LogP contribution in [0.15, 0.2) is 53.3 Å². The van der Waals surface area contributed by atoms with Crippen molar-refractivity contribution in [3.05, 3.63) is 69.3 Å². The van der Waals surface area contributed by atoms with Gasteiger partial charge >= 0.3 is 6.36 Å². The molecule has 0 saturated carbocycles. The number of aromatic nitrogens is 4. The molecule has 2 aromatic heterocycles. The van der Waals surface area contributed by atoms with Gasteiger partial charge in [0.15, 0.2) is 5.82 Å². The second kappa shape index (κ2) is 15.5. The van der Waals surface area contributed by atoms with Crippen molar-refractivity contribution in [2.24, 2.45) is 5.18 Å². The number of carbonyl (C=O) groups excluding carboxylic acids is 2. The largest absolute Gasteiger partial charge is 0.573 e. The minimum atomic E-state index is -4.81. The summed E-state index contributed by atoms with van der Waals surface area (Å²) < 4.78 is 41.1. The third-order valence-corrected chi connectivity index (χ3v) is 6.30. The predicted molar refractivity (Wildman–Crippen MR) is 146 cm³/mol. The zero-order valence-electron chi connectivity index (χ0n) is 22.1. The van der Waals surface area contributed by atoms with Gasteiger partial charge in [-0.05, 0) is 60.7 Å². The van der Waals surface area contributed by atoms with Gasteiger partial charge in [-0.2, -0.15) is 5.10 Å². The Morgan fingerprint density at radius 3 is 2.54 bits per heavy atom. The van der Waals surface area contributed by atoms with Crippen molar-refractivity contribution in [3.8, 4) is 5.75 Å². The number of ether oxygens (including phenoxy) is 1. The van der Waals surface area contributed by atoms with Gasteiger partial charge < -0.3 is 15.4 Å².